The van der Waals surface area contributed by atoms with Crippen LogP contribution >= 0.6 is 23.2 Å². The fourth-order valence-electron chi connectivity index (χ4n) is 2.19. The molecule has 8 heteroatoms. The molecule has 134 valence electrons. The second-order valence-electron chi connectivity index (χ2n) is 5.08. The van der Waals surface area contributed by atoms with E-state index in [2.05, 4.69) is 0 Å². The fourth-order valence-corrected chi connectivity index (χ4v) is 4.10. The Balaban J connectivity index is 2.20. The molecule has 0 aliphatic heterocycles. The first-order chi connectivity index (χ1) is 11.8. The summed E-state index contributed by atoms with van der Waals surface area (Å²) in [5.41, 5.74) is 0.213. The van der Waals surface area contributed by atoms with Gasteiger partial charge in [-0.2, -0.15) is 4.31 Å². The van der Waals surface area contributed by atoms with Crippen molar-refractivity contribution in [2.24, 2.45) is 0 Å². The Bertz CT molecular complexity index is 863. The van der Waals surface area contributed by atoms with E-state index in [1.54, 1.807) is 19.9 Å². The number of nitrogens with zero attached hydrogens (tertiary/aromatic N) is 1. The summed E-state index contributed by atoms with van der Waals surface area (Å²) in [6.07, 6.45) is 0. The van der Waals surface area contributed by atoms with E-state index in [-0.39, 0.29) is 21.2 Å². The van der Waals surface area contributed by atoms with Crippen LogP contribution in [0.3, 0.4) is 0 Å². The van der Waals surface area contributed by atoms with E-state index in [9.17, 15) is 13.2 Å². The van der Waals surface area contributed by atoms with E-state index in [0.717, 1.165) is 0 Å². The molecule has 0 spiro atoms. The van der Waals surface area contributed by atoms with Crippen molar-refractivity contribution in [2.75, 3.05) is 13.1 Å². The standard InChI is InChI=1S/C17H17Cl2NO4S/c1-3-20(4-2)25(22,23)14-8-5-12(6-9-14)17(21)24-16-10-7-13(18)11-15(16)19/h5-11H,3-4H2,1-2H3. The van der Waals surface area contributed by atoms with E-state index in [1.807, 2.05) is 0 Å². The summed E-state index contributed by atoms with van der Waals surface area (Å²) >= 11 is 11.8. The van der Waals surface area contributed by atoms with Crippen molar-refractivity contribution < 1.29 is 17.9 Å². The minimum Gasteiger partial charge on any atom is -0.421 e. The van der Waals surface area contributed by atoms with Crippen LogP contribution in [0.1, 0.15) is 24.2 Å². The molecule has 2 aromatic rings. The number of carbonyl (C=O) groups excluding carboxylic acids is 1. The fraction of sp³-hybridized carbons (Fsp3) is 0.235. The molecule has 0 radical (unpaired) electrons. The molecule has 0 fully saturated rings. The van der Waals surface area contributed by atoms with Gasteiger partial charge in [-0.1, -0.05) is 37.0 Å². The van der Waals surface area contributed by atoms with Crippen LogP contribution < -0.4 is 4.74 Å². The largest absolute Gasteiger partial charge is 0.421 e. The summed E-state index contributed by atoms with van der Waals surface area (Å²) in [6.45, 7) is 4.28. The molecule has 5 nitrogen and oxygen atoms in total. The van der Waals surface area contributed by atoms with Crippen molar-refractivity contribution in [1.29, 1.82) is 0 Å². The van der Waals surface area contributed by atoms with Gasteiger partial charge in [-0.15, -0.1) is 0 Å². The van der Waals surface area contributed by atoms with Gasteiger partial charge in [-0.05, 0) is 42.5 Å². The highest BCUT2D eigenvalue weighted by atomic mass is 35.5. The van der Waals surface area contributed by atoms with Crippen LogP contribution in [-0.4, -0.2) is 31.8 Å². The van der Waals surface area contributed by atoms with Crippen molar-refractivity contribution in [3.05, 3.63) is 58.1 Å². The lowest BCUT2D eigenvalue weighted by molar-refractivity contribution is 0.0734. The third kappa shape index (κ3) is 4.52. The summed E-state index contributed by atoms with van der Waals surface area (Å²) in [5.74, 6) is -0.466. The number of rotatable bonds is 6. The SMILES string of the molecule is CCN(CC)S(=O)(=O)c1ccc(C(=O)Oc2ccc(Cl)cc2Cl)cc1. The Morgan fingerprint density at radius 3 is 2.16 bits per heavy atom. The summed E-state index contributed by atoms with van der Waals surface area (Å²) in [6, 6.07) is 10.1. The molecule has 0 aliphatic carbocycles. The smallest absolute Gasteiger partial charge is 0.343 e. The van der Waals surface area contributed by atoms with Gasteiger partial charge in [-0.25, -0.2) is 13.2 Å². The van der Waals surface area contributed by atoms with Gasteiger partial charge < -0.3 is 4.74 Å². The lowest BCUT2D eigenvalue weighted by atomic mass is 10.2. The Morgan fingerprint density at radius 2 is 1.64 bits per heavy atom. The van der Waals surface area contributed by atoms with E-state index in [0.29, 0.717) is 18.1 Å². The average Bonchev–Trinajstić information content (AvgIpc) is 2.58. The second kappa shape index (κ2) is 8.19. The molecule has 0 unspecified atom stereocenters. The first kappa shape index (κ1) is 19.7. The normalized spacial score (nSPS) is 11.6. The highest BCUT2D eigenvalue weighted by Gasteiger charge is 2.22. The van der Waals surface area contributed by atoms with Crippen LogP contribution in [-0.2, 0) is 10.0 Å². The molecule has 0 saturated heterocycles. The van der Waals surface area contributed by atoms with Gasteiger partial charge in [0.05, 0.1) is 15.5 Å². The maximum absolute atomic E-state index is 12.4. The molecular weight excluding hydrogens is 385 g/mol. The van der Waals surface area contributed by atoms with E-state index in [4.69, 9.17) is 27.9 Å². The van der Waals surface area contributed by atoms with Gasteiger partial charge in [0.25, 0.3) is 0 Å². The van der Waals surface area contributed by atoms with Crippen molar-refractivity contribution in [3.63, 3.8) is 0 Å². The van der Waals surface area contributed by atoms with Crippen molar-refractivity contribution in [1.82, 2.24) is 4.31 Å². The predicted molar refractivity (Wildman–Crippen MR) is 98.0 cm³/mol. The van der Waals surface area contributed by atoms with Gasteiger partial charge >= 0.3 is 5.97 Å². The Hall–Kier alpha value is -1.60. The molecule has 2 aromatic carbocycles. The number of halogens is 2. The first-order valence-electron chi connectivity index (χ1n) is 7.57. The lowest BCUT2D eigenvalue weighted by Crippen LogP contribution is -2.30. The zero-order valence-corrected chi connectivity index (χ0v) is 16.0. The van der Waals surface area contributed by atoms with Crippen LogP contribution in [0.15, 0.2) is 47.4 Å². The highest BCUT2D eigenvalue weighted by molar-refractivity contribution is 7.89. The van der Waals surface area contributed by atoms with Crippen LogP contribution in [0.4, 0.5) is 0 Å². The molecule has 25 heavy (non-hydrogen) atoms. The quantitative estimate of drug-likeness (QED) is 0.536. The molecule has 0 bridgehead atoms. The zero-order chi connectivity index (χ0) is 18.6. The number of hydrogen-bond donors (Lipinski definition) is 0. The summed E-state index contributed by atoms with van der Waals surface area (Å²) < 4.78 is 31.4. The zero-order valence-electron chi connectivity index (χ0n) is 13.7. The first-order valence-corrected chi connectivity index (χ1v) is 9.76. The Kier molecular flexibility index (Phi) is 6.46. The third-order valence-corrected chi connectivity index (χ3v) is 6.12. The molecule has 2 rings (SSSR count). The van der Waals surface area contributed by atoms with E-state index < -0.39 is 16.0 Å². The Labute approximate surface area is 157 Å². The van der Waals surface area contributed by atoms with Crippen molar-refractivity contribution in [2.45, 2.75) is 18.7 Å². The second-order valence-corrected chi connectivity index (χ2v) is 7.86. The number of benzene rings is 2. The molecular formula is C17H17Cl2NO4S. The summed E-state index contributed by atoms with van der Waals surface area (Å²) in [5, 5.41) is 0.636. The van der Waals surface area contributed by atoms with E-state index >= 15 is 0 Å². The van der Waals surface area contributed by atoms with Crippen LogP contribution in [0.5, 0.6) is 5.75 Å². The van der Waals surface area contributed by atoms with Crippen LogP contribution in [0.2, 0.25) is 10.0 Å². The van der Waals surface area contributed by atoms with Crippen LogP contribution in [0, 0.1) is 0 Å². The van der Waals surface area contributed by atoms with Gasteiger partial charge in [0, 0.05) is 18.1 Å². The van der Waals surface area contributed by atoms with E-state index in [1.165, 1.54) is 40.7 Å². The van der Waals surface area contributed by atoms with Crippen molar-refractivity contribution >= 4 is 39.2 Å². The highest BCUT2D eigenvalue weighted by Crippen LogP contribution is 2.28. The minimum atomic E-state index is -3.57. The molecule has 0 amide bonds. The molecule has 0 atom stereocenters. The molecule has 0 N–H and O–H groups in total. The lowest BCUT2D eigenvalue weighted by Gasteiger charge is -2.18. The van der Waals surface area contributed by atoms with Crippen LogP contribution in [0.25, 0.3) is 0 Å². The monoisotopic (exact) mass is 401 g/mol. The topological polar surface area (TPSA) is 63.7 Å². The van der Waals surface area contributed by atoms with Gasteiger partial charge in [0.2, 0.25) is 10.0 Å². The maximum atomic E-state index is 12.4. The maximum Gasteiger partial charge on any atom is 0.343 e. The number of carbonyl (C=O) groups is 1. The predicted octanol–water partition coefficient (Wildman–Crippen LogP) is 4.24. The van der Waals surface area contributed by atoms with Gasteiger partial charge in [0.1, 0.15) is 5.75 Å². The Morgan fingerprint density at radius 1 is 1.04 bits per heavy atom. The number of sulfonamides is 1. The summed E-state index contributed by atoms with van der Waals surface area (Å²) in [4.78, 5) is 12.3. The molecule has 0 saturated carbocycles. The average molecular weight is 402 g/mol. The van der Waals surface area contributed by atoms with Crippen molar-refractivity contribution in [3.8, 4) is 5.75 Å². The number of esters is 1. The molecule has 0 heterocycles. The number of hydrogen-bond acceptors (Lipinski definition) is 4. The molecule has 0 aliphatic rings. The van der Waals surface area contributed by atoms with Gasteiger partial charge in [0.15, 0.2) is 0 Å². The van der Waals surface area contributed by atoms with Gasteiger partial charge in [-0.3, -0.25) is 0 Å². The third-order valence-electron chi connectivity index (χ3n) is 3.53. The molecule has 0 aromatic heterocycles. The number of ether oxygens (including phenoxy) is 1. The summed E-state index contributed by atoms with van der Waals surface area (Å²) in [7, 11) is -3.57. The minimum absolute atomic E-state index is 0.122.